The Hall–Kier alpha value is -1.71. The first-order valence-electron chi connectivity index (χ1n) is 5.44. The lowest BCUT2D eigenvalue weighted by Crippen LogP contribution is -2.37. The number of methoxy groups -OCH3 is 1. The number of benzene rings is 1. The number of thioether (sulfide) groups is 1. The molecule has 0 radical (unpaired) electrons. The number of nitriles is 1. The van der Waals surface area contributed by atoms with Crippen LogP contribution in [0.3, 0.4) is 0 Å². The fourth-order valence-corrected chi connectivity index (χ4v) is 2.59. The maximum absolute atomic E-state index is 11.9. The van der Waals surface area contributed by atoms with Crippen molar-refractivity contribution < 1.29 is 9.53 Å². The van der Waals surface area contributed by atoms with Gasteiger partial charge in [0.1, 0.15) is 5.75 Å². The van der Waals surface area contributed by atoms with Crippen molar-refractivity contribution in [3.8, 4) is 11.8 Å². The molecule has 0 spiro atoms. The van der Waals surface area contributed by atoms with Crippen molar-refractivity contribution in [3.05, 3.63) is 23.8 Å². The van der Waals surface area contributed by atoms with Gasteiger partial charge >= 0.3 is 0 Å². The number of rotatable bonds is 3. The van der Waals surface area contributed by atoms with Gasteiger partial charge in [-0.1, -0.05) is 0 Å². The Morgan fingerprint density at radius 1 is 1.67 bits per heavy atom. The van der Waals surface area contributed by atoms with Crippen LogP contribution in [0.1, 0.15) is 5.56 Å². The average molecular weight is 263 g/mol. The van der Waals surface area contributed by atoms with E-state index < -0.39 is 0 Å². The molecule has 1 fully saturated rings. The molecule has 1 aliphatic rings. The monoisotopic (exact) mass is 263 g/mol. The van der Waals surface area contributed by atoms with Gasteiger partial charge in [-0.2, -0.15) is 5.26 Å². The van der Waals surface area contributed by atoms with E-state index in [1.165, 1.54) is 7.11 Å². The lowest BCUT2D eigenvalue weighted by molar-refractivity contribution is -0.117. The third kappa shape index (κ3) is 2.75. The van der Waals surface area contributed by atoms with Gasteiger partial charge in [0.25, 0.3) is 0 Å². The summed E-state index contributed by atoms with van der Waals surface area (Å²) in [6.45, 7) is 0. The van der Waals surface area contributed by atoms with Crippen LogP contribution in [0.25, 0.3) is 0 Å². The molecule has 18 heavy (non-hydrogen) atoms. The van der Waals surface area contributed by atoms with Gasteiger partial charge in [0, 0.05) is 17.7 Å². The predicted octanol–water partition coefficient (Wildman–Crippen LogP) is 1.17. The second-order valence-corrected chi connectivity index (χ2v) is 4.82. The number of nitrogens with zero attached hydrogens (tertiary/aromatic N) is 1. The molecule has 0 aliphatic carbocycles. The van der Waals surface area contributed by atoms with Crippen molar-refractivity contribution >= 4 is 23.4 Å². The smallest absolute Gasteiger partial charge is 0.242 e. The standard InChI is InChI=1S/C12H13N3O2S/c1-17-11-4-8(5-13)2-3-9(11)15-12(16)10-6-18-7-14-10/h2-4,10,14H,6-7H2,1H3,(H,15,16). The quantitative estimate of drug-likeness (QED) is 0.856. The van der Waals surface area contributed by atoms with E-state index in [9.17, 15) is 4.79 Å². The zero-order chi connectivity index (χ0) is 13.0. The summed E-state index contributed by atoms with van der Waals surface area (Å²) in [5.74, 6) is 1.98. The molecule has 2 rings (SSSR count). The molecule has 1 aromatic rings. The molecule has 0 saturated carbocycles. The minimum absolute atomic E-state index is 0.0805. The molecule has 1 saturated heterocycles. The Morgan fingerprint density at radius 2 is 2.50 bits per heavy atom. The van der Waals surface area contributed by atoms with Crippen molar-refractivity contribution in [1.29, 1.82) is 5.26 Å². The highest BCUT2D eigenvalue weighted by Gasteiger charge is 2.23. The summed E-state index contributed by atoms with van der Waals surface area (Å²) in [6.07, 6.45) is 0. The van der Waals surface area contributed by atoms with Gasteiger partial charge in [0.2, 0.25) is 5.91 Å². The van der Waals surface area contributed by atoms with Crippen LogP contribution in [0.5, 0.6) is 5.75 Å². The van der Waals surface area contributed by atoms with Crippen molar-refractivity contribution in [2.24, 2.45) is 0 Å². The summed E-state index contributed by atoms with van der Waals surface area (Å²) in [5, 5.41) is 14.7. The molecule has 5 nitrogen and oxygen atoms in total. The summed E-state index contributed by atoms with van der Waals surface area (Å²) in [4.78, 5) is 11.9. The molecule has 1 aliphatic heterocycles. The van der Waals surface area contributed by atoms with Crippen LogP contribution in [0.15, 0.2) is 18.2 Å². The number of amides is 1. The third-order valence-electron chi connectivity index (χ3n) is 2.62. The number of carbonyl (C=O) groups excluding carboxylic acids is 1. The lowest BCUT2D eigenvalue weighted by atomic mass is 10.2. The van der Waals surface area contributed by atoms with E-state index in [1.54, 1.807) is 30.0 Å². The second kappa shape index (κ2) is 5.76. The number of hydrogen-bond acceptors (Lipinski definition) is 5. The van der Waals surface area contributed by atoms with E-state index in [1.807, 2.05) is 6.07 Å². The summed E-state index contributed by atoms with van der Waals surface area (Å²) >= 11 is 1.69. The van der Waals surface area contributed by atoms with Crippen molar-refractivity contribution in [2.45, 2.75) is 6.04 Å². The van der Waals surface area contributed by atoms with Gasteiger partial charge in [-0.3, -0.25) is 10.1 Å². The highest BCUT2D eigenvalue weighted by Crippen LogP contribution is 2.25. The molecule has 0 bridgehead atoms. The van der Waals surface area contributed by atoms with Crippen LogP contribution in [-0.2, 0) is 4.79 Å². The van der Waals surface area contributed by atoms with E-state index in [0.717, 1.165) is 11.6 Å². The van der Waals surface area contributed by atoms with Crippen molar-refractivity contribution in [1.82, 2.24) is 5.32 Å². The highest BCUT2D eigenvalue weighted by atomic mass is 32.2. The number of nitrogens with one attached hydrogen (secondary N) is 2. The molecular formula is C12H13N3O2S. The van der Waals surface area contributed by atoms with Gasteiger partial charge in [0.05, 0.1) is 30.5 Å². The van der Waals surface area contributed by atoms with Crippen LogP contribution in [0.4, 0.5) is 5.69 Å². The van der Waals surface area contributed by atoms with Crippen LogP contribution < -0.4 is 15.4 Å². The van der Waals surface area contributed by atoms with Crippen LogP contribution >= 0.6 is 11.8 Å². The topological polar surface area (TPSA) is 74.1 Å². The normalized spacial score (nSPS) is 18.1. The average Bonchev–Trinajstić information content (AvgIpc) is 2.93. The summed E-state index contributed by atoms with van der Waals surface area (Å²) in [5.41, 5.74) is 1.08. The Kier molecular flexibility index (Phi) is 4.07. The maximum Gasteiger partial charge on any atom is 0.242 e. The SMILES string of the molecule is COc1cc(C#N)ccc1NC(=O)C1CSCN1. The Morgan fingerprint density at radius 3 is 3.11 bits per heavy atom. The third-order valence-corrected chi connectivity index (χ3v) is 3.56. The zero-order valence-corrected chi connectivity index (χ0v) is 10.7. The number of anilines is 1. The first-order valence-corrected chi connectivity index (χ1v) is 6.60. The van der Waals surface area contributed by atoms with Gasteiger partial charge in [-0.05, 0) is 12.1 Å². The molecule has 1 unspecified atom stereocenters. The minimum atomic E-state index is -0.171. The van der Waals surface area contributed by atoms with Crippen LogP contribution in [0, 0.1) is 11.3 Å². The first kappa shape index (κ1) is 12.7. The Bertz CT molecular complexity index is 493. The molecule has 0 aromatic heterocycles. The van der Waals surface area contributed by atoms with Gasteiger partial charge in [-0.25, -0.2) is 0 Å². The van der Waals surface area contributed by atoms with E-state index in [4.69, 9.17) is 10.00 Å². The molecule has 1 amide bonds. The molecule has 1 atom stereocenters. The Balaban J connectivity index is 2.13. The molecular weight excluding hydrogens is 250 g/mol. The fourth-order valence-electron chi connectivity index (χ4n) is 1.65. The predicted molar refractivity (Wildman–Crippen MR) is 70.6 cm³/mol. The number of hydrogen-bond donors (Lipinski definition) is 2. The van der Waals surface area contributed by atoms with E-state index in [0.29, 0.717) is 17.0 Å². The first-order chi connectivity index (χ1) is 8.74. The zero-order valence-electron chi connectivity index (χ0n) is 9.90. The van der Waals surface area contributed by atoms with Gasteiger partial charge in [0.15, 0.2) is 0 Å². The van der Waals surface area contributed by atoms with Crippen LogP contribution in [0.2, 0.25) is 0 Å². The number of ether oxygens (including phenoxy) is 1. The molecule has 1 aromatic carbocycles. The fraction of sp³-hybridized carbons (Fsp3) is 0.333. The Labute approximate surface area is 110 Å². The summed E-state index contributed by atoms with van der Waals surface area (Å²) in [7, 11) is 1.51. The van der Waals surface area contributed by atoms with E-state index in [2.05, 4.69) is 10.6 Å². The molecule has 2 N–H and O–H groups in total. The largest absolute Gasteiger partial charge is 0.495 e. The second-order valence-electron chi connectivity index (χ2n) is 3.79. The van der Waals surface area contributed by atoms with Gasteiger partial charge in [-0.15, -0.1) is 11.8 Å². The maximum atomic E-state index is 11.9. The molecule has 6 heteroatoms. The molecule has 94 valence electrons. The van der Waals surface area contributed by atoms with Crippen LogP contribution in [-0.4, -0.2) is 30.7 Å². The summed E-state index contributed by atoms with van der Waals surface area (Å²) < 4.78 is 5.16. The minimum Gasteiger partial charge on any atom is -0.495 e. The van der Waals surface area contributed by atoms with Crippen molar-refractivity contribution in [3.63, 3.8) is 0 Å². The molecule has 1 heterocycles. The van der Waals surface area contributed by atoms with E-state index in [-0.39, 0.29) is 11.9 Å². The summed E-state index contributed by atoms with van der Waals surface area (Å²) in [6, 6.07) is 6.79. The van der Waals surface area contributed by atoms with Gasteiger partial charge < -0.3 is 10.1 Å². The van der Waals surface area contributed by atoms with E-state index >= 15 is 0 Å². The van der Waals surface area contributed by atoms with Crippen molar-refractivity contribution in [2.75, 3.05) is 24.1 Å². The number of carbonyl (C=O) groups is 1. The highest BCUT2D eigenvalue weighted by molar-refractivity contribution is 7.99. The lowest BCUT2D eigenvalue weighted by Gasteiger charge is -2.13.